The van der Waals surface area contributed by atoms with Gasteiger partial charge in [-0.2, -0.15) is 5.10 Å². The Bertz CT molecular complexity index is 2430. The lowest BCUT2D eigenvalue weighted by Gasteiger charge is -2.20. The van der Waals surface area contributed by atoms with Crippen LogP contribution in [0.5, 0.6) is 46.0 Å². The maximum Gasteiger partial charge on any atom is 0.277 e. The molecule has 1 aliphatic heterocycles. The lowest BCUT2D eigenvalue weighted by molar-refractivity contribution is -0.123. The molecule has 6 rings (SSSR count). The number of unbranched alkanes of at least 4 members (excludes halogenated alkanes) is 10. The maximum absolute atomic E-state index is 13.5. The fraction of sp³-hybridized carbons (Fsp3) is 0.567. The fourth-order valence-electron chi connectivity index (χ4n) is 8.52. The molecule has 0 fully saturated rings. The van der Waals surface area contributed by atoms with Crippen molar-refractivity contribution in [1.29, 1.82) is 0 Å². The Morgan fingerprint density at radius 2 is 0.757 bits per heavy atom. The summed E-state index contributed by atoms with van der Waals surface area (Å²) >= 11 is 0. The molecule has 0 saturated heterocycles. The van der Waals surface area contributed by atoms with Gasteiger partial charge in [-0.1, -0.05) is 98.8 Å². The number of benzene rings is 5. The van der Waals surface area contributed by atoms with Gasteiger partial charge in [0.15, 0.2) is 52.6 Å². The molecule has 0 bridgehead atoms. The quantitative estimate of drug-likeness (QED) is 0.0202. The molecule has 1 N–H and O–H groups in total. The fourth-order valence-corrected chi connectivity index (χ4v) is 8.52. The van der Waals surface area contributed by atoms with E-state index >= 15 is 0 Å². The minimum atomic E-state index is -0.444. The Labute approximate surface area is 439 Å². The smallest absolute Gasteiger partial charge is 0.277 e. The third-order valence-corrected chi connectivity index (χ3v) is 12.6. The maximum atomic E-state index is 13.5. The van der Waals surface area contributed by atoms with Gasteiger partial charge in [-0.3, -0.25) is 4.79 Å². The summed E-state index contributed by atoms with van der Waals surface area (Å²) in [6, 6.07) is 18.0. The molecule has 0 spiro atoms. The zero-order valence-electron chi connectivity index (χ0n) is 45.1. The number of carbonyl (C=O) groups is 1. The first kappa shape index (κ1) is 57.6. The van der Waals surface area contributed by atoms with Crippen molar-refractivity contribution in [2.24, 2.45) is 5.10 Å². The molecular formula is C60H84N2O12. The first-order valence-electron chi connectivity index (χ1n) is 27.7. The number of amides is 1. The van der Waals surface area contributed by atoms with Crippen LogP contribution in [0.4, 0.5) is 0 Å². The van der Waals surface area contributed by atoms with E-state index in [1.807, 2.05) is 24.3 Å². The lowest BCUT2D eigenvalue weighted by atomic mass is 9.93. The van der Waals surface area contributed by atoms with E-state index in [4.69, 9.17) is 52.1 Å². The van der Waals surface area contributed by atoms with Crippen LogP contribution in [0.15, 0.2) is 59.7 Å². The Kier molecular flexibility index (Phi) is 25.9. The van der Waals surface area contributed by atoms with Crippen LogP contribution in [0, 0.1) is 0 Å². The lowest BCUT2D eigenvalue weighted by Crippen LogP contribution is -2.24. The summed E-state index contributed by atoms with van der Waals surface area (Å²) in [6.07, 6.45) is 16.9. The number of fused-ring (bicyclic) bond motifs is 7. The second-order valence-corrected chi connectivity index (χ2v) is 18.6. The number of hydrazone groups is 1. The van der Waals surface area contributed by atoms with Crippen molar-refractivity contribution in [3.63, 3.8) is 0 Å². The van der Waals surface area contributed by atoms with E-state index in [0.717, 1.165) is 134 Å². The Hall–Kier alpha value is -5.70. The minimum Gasteiger partial charge on any atom is -0.490 e. The molecule has 1 amide bonds. The van der Waals surface area contributed by atoms with E-state index in [-0.39, 0.29) is 6.61 Å². The van der Waals surface area contributed by atoms with Crippen LogP contribution in [0.25, 0.3) is 32.3 Å². The molecule has 0 radical (unpaired) electrons. The number of ether oxygens (including phenoxy) is 11. The normalized spacial score (nSPS) is 13.7. The van der Waals surface area contributed by atoms with E-state index < -0.39 is 5.91 Å². The van der Waals surface area contributed by atoms with E-state index in [1.54, 1.807) is 12.3 Å². The second kappa shape index (κ2) is 33.3. The van der Waals surface area contributed by atoms with Gasteiger partial charge < -0.3 is 52.1 Å². The van der Waals surface area contributed by atoms with Crippen molar-refractivity contribution >= 4 is 44.4 Å². The summed E-state index contributed by atoms with van der Waals surface area (Å²) in [5, 5.41) is 10.0. The molecule has 14 nitrogen and oxygen atoms in total. The Balaban J connectivity index is 1.37. The van der Waals surface area contributed by atoms with Crippen molar-refractivity contribution < 1.29 is 56.9 Å². The molecule has 74 heavy (non-hydrogen) atoms. The molecule has 5 aromatic rings. The molecule has 5 aromatic carbocycles. The van der Waals surface area contributed by atoms with Crippen LogP contribution in [-0.2, 0) is 19.0 Å². The molecule has 0 unspecified atom stereocenters. The van der Waals surface area contributed by atoms with Gasteiger partial charge in [0.05, 0.1) is 78.9 Å². The van der Waals surface area contributed by atoms with Gasteiger partial charge in [0.2, 0.25) is 0 Å². The monoisotopic (exact) mass is 1020 g/mol. The van der Waals surface area contributed by atoms with Crippen LogP contribution >= 0.6 is 0 Å². The molecule has 406 valence electrons. The summed E-state index contributed by atoms with van der Waals surface area (Å²) in [5.41, 5.74) is 3.33. The van der Waals surface area contributed by atoms with Crippen molar-refractivity contribution in [3.05, 3.63) is 60.2 Å². The van der Waals surface area contributed by atoms with Crippen LogP contribution < -0.4 is 43.3 Å². The standard InChI is InChI=1S/C60H84N2O12/c1-6-11-16-23-67-54-37-46-47-38-55(68-24-17-12-7-2)57(70-26-19-14-9-4)40-49(47)51-42-59(58(71-27-20-15-10-5)41-50(51)48(46)39-56(54)69-25-18-13-8-3)74-44-60(63)62-61-43-45-21-22-52-53(36-45)73-35-33-66-31-29-64-28-30-65-32-34-72-52/h21-22,36-43H,6-20,23-35,44H2,1-5H3,(H,62,63)/b61-43+. The van der Waals surface area contributed by atoms with Crippen molar-refractivity contribution in [2.75, 3.05) is 92.5 Å². The Morgan fingerprint density at radius 3 is 1.11 bits per heavy atom. The average molecular weight is 1030 g/mol. The minimum absolute atomic E-state index is 0.316. The highest BCUT2D eigenvalue weighted by Crippen LogP contribution is 2.47. The number of hydrogen-bond donors (Lipinski definition) is 1. The third-order valence-electron chi connectivity index (χ3n) is 12.6. The van der Waals surface area contributed by atoms with E-state index in [0.29, 0.717) is 132 Å². The number of nitrogens with zero attached hydrogens (tertiary/aromatic N) is 1. The second-order valence-electron chi connectivity index (χ2n) is 18.6. The number of carbonyl (C=O) groups excluding carboxylic acids is 1. The van der Waals surface area contributed by atoms with Crippen LogP contribution in [0.3, 0.4) is 0 Å². The van der Waals surface area contributed by atoms with E-state index in [9.17, 15) is 4.79 Å². The van der Waals surface area contributed by atoms with Crippen molar-refractivity contribution in [1.82, 2.24) is 5.43 Å². The molecule has 0 saturated carbocycles. The number of nitrogens with one attached hydrogen (secondary N) is 1. The van der Waals surface area contributed by atoms with E-state index in [2.05, 4.69) is 69.4 Å². The summed E-state index contributed by atoms with van der Waals surface area (Å²) in [5.74, 6) is 4.46. The van der Waals surface area contributed by atoms with Gasteiger partial charge in [0.25, 0.3) is 5.91 Å². The zero-order valence-corrected chi connectivity index (χ0v) is 45.1. The van der Waals surface area contributed by atoms with Gasteiger partial charge in [0.1, 0.15) is 13.2 Å². The number of rotatable bonds is 30. The van der Waals surface area contributed by atoms with Crippen LogP contribution in [-0.4, -0.2) is 105 Å². The predicted octanol–water partition coefficient (Wildman–Crippen LogP) is 13.3. The molecule has 14 heteroatoms. The van der Waals surface area contributed by atoms with E-state index in [1.165, 1.54) is 0 Å². The van der Waals surface area contributed by atoms with Crippen LogP contribution in [0.1, 0.15) is 136 Å². The van der Waals surface area contributed by atoms with Crippen LogP contribution in [0.2, 0.25) is 0 Å². The third kappa shape index (κ3) is 18.3. The average Bonchev–Trinajstić information content (AvgIpc) is 3.42. The zero-order chi connectivity index (χ0) is 52.0. The Morgan fingerprint density at radius 1 is 0.432 bits per heavy atom. The topological polar surface area (TPSA) is 143 Å². The van der Waals surface area contributed by atoms with Gasteiger partial charge >= 0.3 is 0 Å². The number of hydrogen-bond acceptors (Lipinski definition) is 13. The summed E-state index contributed by atoms with van der Waals surface area (Å²) in [6.45, 7) is 16.8. The first-order valence-corrected chi connectivity index (χ1v) is 27.7. The molecule has 1 aliphatic rings. The SMILES string of the molecule is CCCCCOc1cc2c3cc(OCCCCC)c(OCCCCC)cc3c3cc(OCC(=O)N/N=C/c4ccc5c(c4)OCCOCCOCCOCCO5)c(OCCCCC)cc3c2cc1OCCCCC. The highest BCUT2D eigenvalue weighted by atomic mass is 16.6. The molecule has 0 aromatic heterocycles. The molecule has 1 heterocycles. The molecule has 0 aliphatic carbocycles. The molecule has 0 atom stereocenters. The highest BCUT2D eigenvalue weighted by molar-refractivity contribution is 6.27. The van der Waals surface area contributed by atoms with Gasteiger partial charge in [-0.25, -0.2) is 5.43 Å². The summed E-state index contributed by atoms with van der Waals surface area (Å²) < 4.78 is 68.0. The predicted molar refractivity (Wildman–Crippen MR) is 295 cm³/mol. The van der Waals surface area contributed by atoms with Gasteiger partial charge in [-0.15, -0.1) is 0 Å². The first-order chi connectivity index (χ1) is 36.5. The molecular weight excluding hydrogens is 941 g/mol. The van der Waals surface area contributed by atoms with Gasteiger partial charge in [0, 0.05) is 0 Å². The highest BCUT2D eigenvalue weighted by Gasteiger charge is 2.21. The van der Waals surface area contributed by atoms with Crippen molar-refractivity contribution in [2.45, 2.75) is 131 Å². The summed E-state index contributed by atoms with van der Waals surface area (Å²) in [4.78, 5) is 13.5. The van der Waals surface area contributed by atoms with Crippen molar-refractivity contribution in [3.8, 4) is 46.0 Å². The summed E-state index contributed by atoms with van der Waals surface area (Å²) in [7, 11) is 0. The van der Waals surface area contributed by atoms with Gasteiger partial charge in [-0.05, 0) is 125 Å². The largest absolute Gasteiger partial charge is 0.490 e.